The van der Waals surface area contributed by atoms with Gasteiger partial charge in [0.15, 0.2) is 0 Å². The van der Waals surface area contributed by atoms with Crippen LogP contribution in [0.5, 0.6) is 0 Å². The molecule has 2 aromatic rings. The van der Waals surface area contributed by atoms with Gasteiger partial charge in [0.1, 0.15) is 0 Å². The second kappa shape index (κ2) is 4.68. The fraction of sp³-hybridized carbons (Fsp3) is 0.158. The van der Waals surface area contributed by atoms with Crippen molar-refractivity contribution in [2.45, 2.75) is 19.3 Å². The highest BCUT2D eigenvalue weighted by Crippen LogP contribution is 2.39. The maximum absolute atomic E-state index is 5.52. The lowest BCUT2D eigenvalue weighted by Gasteiger charge is -2.11. The van der Waals surface area contributed by atoms with Crippen molar-refractivity contribution in [3.63, 3.8) is 0 Å². The molecule has 0 saturated carbocycles. The summed E-state index contributed by atoms with van der Waals surface area (Å²) in [6.07, 6.45) is 13.3. The number of rotatable bonds is 2. The molecular formula is C19H14. The Labute approximate surface area is 114 Å². The average molecular weight is 242 g/mol. The zero-order valence-electron chi connectivity index (χ0n) is 10.7. The molecule has 0 nitrogen and oxygen atoms in total. The molecule has 0 unspecified atom stereocenters. The first-order valence-electron chi connectivity index (χ1n) is 6.44. The largest absolute Gasteiger partial charge is 0.120 e. The first-order valence-corrected chi connectivity index (χ1v) is 6.44. The van der Waals surface area contributed by atoms with E-state index in [1.807, 2.05) is 0 Å². The molecule has 0 aromatic heterocycles. The van der Waals surface area contributed by atoms with Crippen LogP contribution in [0.15, 0.2) is 36.4 Å². The van der Waals surface area contributed by atoms with Gasteiger partial charge in [-0.3, -0.25) is 0 Å². The fourth-order valence-corrected chi connectivity index (χ4v) is 2.92. The topological polar surface area (TPSA) is 0 Å². The summed E-state index contributed by atoms with van der Waals surface area (Å²) in [6, 6.07) is 12.9. The van der Waals surface area contributed by atoms with Crippen LogP contribution in [0.25, 0.3) is 11.1 Å². The van der Waals surface area contributed by atoms with Gasteiger partial charge in [-0.1, -0.05) is 36.4 Å². The Morgan fingerprint density at radius 3 is 2.47 bits per heavy atom. The molecule has 0 fully saturated rings. The molecule has 0 heteroatoms. The van der Waals surface area contributed by atoms with Gasteiger partial charge in [0.05, 0.1) is 0 Å². The average Bonchev–Trinajstić information content (AvgIpc) is 2.81. The third kappa shape index (κ3) is 1.83. The summed E-state index contributed by atoms with van der Waals surface area (Å²) in [5.74, 6) is 5.50. The number of hydrogen-bond acceptors (Lipinski definition) is 0. The van der Waals surface area contributed by atoms with Crippen LogP contribution in [0.3, 0.4) is 0 Å². The first kappa shape index (κ1) is 11.6. The summed E-state index contributed by atoms with van der Waals surface area (Å²) in [4.78, 5) is 0. The lowest BCUT2D eigenvalue weighted by atomic mass is 9.93. The van der Waals surface area contributed by atoms with Gasteiger partial charge in [0.2, 0.25) is 0 Å². The zero-order chi connectivity index (χ0) is 13.2. The van der Waals surface area contributed by atoms with Crippen LogP contribution in [0.4, 0.5) is 0 Å². The van der Waals surface area contributed by atoms with Gasteiger partial charge in [0, 0.05) is 12.8 Å². The second-order valence-corrected chi connectivity index (χ2v) is 4.83. The van der Waals surface area contributed by atoms with Crippen molar-refractivity contribution in [2.24, 2.45) is 0 Å². The van der Waals surface area contributed by atoms with Gasteiger partial charge in [-0.2, -0.15) is 0 Å². The number of benzene rings is 2. The first-order chi connectivity index (χ1) is 9.35. The number of fused-ring (bicyclic) bond motifs is 3. The SMILES string of the molecule is C#CCc1ccc2c(c1CC#C)Cc1ccccc1-2. The van der Waals surface area contributed by atoms with Crippen molar-refractivity contribution < 1.29 is 0 Å². The zero-order valence-corrected chi connectivity index (χ0v) is 10.7. The second-order valence-electron chi connectivity index (χ2n) is 4.83. The summed E-state index contributed by atoms with van der Waals surface area (Å²) in [7, 11) is 0. The Balaban J connectivity index is 2.20. The van der Waals surface area contributed by atoms with E-state index >= 15 is 0 Å². The molecule has 90 valence electrons. The molecule has 19 heavy (non-hydrogen) atoms. The standard InChI is InChI=1S/C19H14/c1-3-7-14-11-12-18-17-10-6-5-9-15(17)13-19(18)16(14)8-4-2/h1-2,5-6,9-12H,7-8,13H2. The fourth-order valence-electron chi connectivity index (χ4n) is 2.92. The molecule has 0 amide bonds. The van der Waals surface area contributed by atoms with Crippen molar-refractivity contribution >= 4 is 0 Å². The molecule has 0 bridgehead atoms. The Bertz CT molecular complexity index is 721. The summed E-state index contributed by atoms with van der Waals surface area (Å²) >= 11 is 0. The van der Waals surface area contributed by atoms with Gasteiger partial charge in [-0.15, -0.1) is 24.7 Å². The highest BCUT2D eigenvalue weighted by molar-refractivity contribution is 5.78. The van der Waals surface area contributed by atoms with Gasteiger partial charge in [-0.25, -0.2) is 0 Å². The quantitative estimate of drug-likeness (QED) is 0.602. The summed E-state index contributed by atoms with van der Waals surface area (Å²) < 4.78 is 0. The Morgan fingerprint density at radius 2 is 1.68 bits per heavy atom. The normalized spacial score (nSPS) is 11.3. The van der Waals surface area contributed by atoms with Crippen LogP contribution in [-0.2, 0) is 19.3 Å². The van der Waals surface area contributed by atoms with Gasteiger partial charge in [-0.05, 0) is 39.8 Å². The summed E-state index contributed by atoms with van der Waals surface area (Å²) in [6.45, 7) is 0. The smallest absolute Gasteiger partial charge is 0.0343 e. The molecule has 0 aliphatic heterocycles. The third-order valence-electron chi connectivity index (χ3n) is 3.77. The predicted octanol–water partition coefficient (Wildman–Crippen LogP) is 3.61. The monoisotopic (exact) mass is 242 g/mol. The van der Waals surface area contributed by atoms with Crippen molar-refractivity contribution in [2.75, 3.05) is 0 Å². The van der Waals surface area contributed by atoms with E-state index in [-0.39, 0.29) is 0 Å². The Morgan fingerprint density at radius 1 is 0.895 bits per heavy atom. The molecule has 2 aromatic carbocycles. The van der Waals surface area contributed by atoms with Crippen molar-refractivity contribution in [1.29, 1.82) is 0 Å². The van der Waals surface area contributed by atoms with Crippen LogP contribution in [0, 0.1) is 24.7 Å². The van der Waals surface area contributed by atoms with Crippen molar-refractivity contribution in [3.05, 3.63) is 58.7 Å². The predicted molar refractivity (Wildman–Crippen MR) is 79.8 cm³/mol. The number of terminal acetylenes is 2. The minimum atomic E-state index is 0.653. The third-order valence-corrected chi connectivity index (χ3v) is 3.77. The molecule has 3 rings (SSSR count). The van der Waals surface area contributed by atoms with E-state index in [0.717, 1.165) is 6.42 Å². The van der Waals surface area contributed by atoms with E-state index in [1.165, 1.54) is 33.4 Å². The Kier molecular flexibility index (Phi) is 2.86. The van der Waals surface area contributed by atoms with Crippen LogP contribution in [0.1, 0.15) is 22.3 Å². The van der Waals surface area contributed by atoms with E-state index in [1.54, 1.807) is 0 Å². The van der Waals surface area contributed by atoms with Gasteiger partial charge in [0.25, 0.3) is 0 Å². The maximum atomic E-state index is 5.52. The van der Waals surface area contributed by atoms with Crippen LogP contribution in [0.2, 0.25) is 0 Å². The molecule has 0 saturated heterocycles. The summed E-state index contributed by atoms with van der Waals surface area (Å²) in [5, 5.41) is 0. The highest BCUT2D eigenvalue weighted by atomic mass is 14.2. The molecule has 0 radical (unpaired) electrons. The minimum absolute atomic E-state index is 0.653. The minimum Gasteiger partial charge on any atom is -0.120 e. The summed E-state index contributed by atoms with van der Waals surface area (Å²) in [5.41, 5.74) is 7.87. The van der Waals surface area contributed by atoms with E-state index in [2.05, 4.69) is 48.2 Å². The van der Waals surface area contributed by atoms with E-state index < -0.39 is 0 Å². The van der Waals surface area contributed by atoms with Crippen LogP contribution >= 0.6 is 0 Å². The molecule has 1 aliphatic rings. The maximum Gasteiger partial charge on any atom is 0.0343 e. The highest BCUT2D eigenvalue weighted by Gasteiger charge is 2.21. The van der Waals surface area contributed by atoms with E-state index in [9.17, 15) is 0 Å². The van der Waals surface area contributed by atoms with Gasteiger partial charge < -0.3 is 0 Å². The lowest BCUT2D eigenvalue weighted by molar-refractivity contribution is 1.12. The van der Waals surface area contributed by atoms with Crippen molar-refractivity contribution in [1.82, 2.24) is 0 Å². The van der Waals surface area contributed by atoms with Crippen molar-refractivity contribution in [3.8, 4) is 35.8 Å². The lowest BCUT2D eigenvalue weighted by Crippen LogP contribution is -1.98. The van der Waals surface area contributed by atoms with Crippen LogP contribution in [-0.4, -0.2) is 0 Å². The molecule has 1 aliphatic carbocycles. The molecular weight excluding hydrogens is 228 g/mol. The molecule has 0 N–H and O–H groups in total. The number of hydrogen-bond donors (Lipinski definition) is 0. The Hall–Kier alpha value is -2.44. The van der Waals surface area contributed by atoms with E-state index in [0.29, 0.717) is 12.8 Å². The molecule has 0 heterocycles. The molecule has 0 atom stereocenters. The molecule has 0 spiro atoms. The van der Waals surface area contributed by atoms with Crippen LogP contribution < -0.4 is 0 Å². The van der Waals surface area contributed by atoms with Gasteiger partial charge >= 0.3 is 0 Å². The van der Waals surface area contributed by atoms with E-state index in [4.69, 9.17) is 12.8 Å².